The molecule has 3 amide bonds. The predicted octanol–water partition coefficient (Wildman–Crippen LogP) is 1.53. The average molecular weight is 383 g/mol. The Balaban J connectivity index is 1.84. The van der Waals surface area contributed by atoms with Crippen LogP contribution in [0.2, 0.25) is 0 Å². The molecule has 1 saturated carbocycles. The summed E-state index contributed by atoms with van der Waals surface area (Å²) in [4.78, 5) is 36.1. The molecular weight excluding hydrogens is 358 g/mol. The predicted molar refractivity (Wildman–Crippen MR) is 104 cm³/mol. The molecule has 28 heavy (non-hydrogen) atoms. The maximum atomic E-state index is 12.8. The minimum atomic E-state index is -0.684. The van der Waals surface area contributed by atoms with Gasteiger partial charge in [0.15, 0.2) is 5.69 Å². The number of para-hydroxylation sites is 1. The molecule has 1 heterocycles. The molecule has 1 fully saturated rings. The van der Waals surface area contributed by atoms with Gasteiger partial charge in [-0.3, -0.25) is 14.4 Å². The lowest BCUT2D eigenvalue weighted by Gasteiger charge is -2.30. The van der Waals surface area contributed by atoms with E-state index in [1.54, 1.807) is 24.3 Å². The Morgan fingerprint density at radius 2 is 1.79 bits per heavy atom. The lowest BCUT2D eigenvalue weighted by molar-refractivity contribution is -0.118. The van der Waals surface area contributed by atoms with E-state index in [1.807, 2.05) is 6.07 Å². The van der Waals surface area contributed by atoms with Crippen molar-refractivity contribution >= 4 is 17.7 Å². The molecule has 148 valence electrons. The average Bonchev–Trinajstić information content (AvgIpc) is 3.14. The van der Waals surface area contributed by atoms with E-state index in [0.29, 0.717) is 5.69 Å². The Morgan fingerprint density at radius 1 is 1.11 bits per heavy atom. The van der Waals surface area contributed by atoms with Gasteiger partial charge in [-0.1, -0.05) is 37.5 Å². The Kier molecular flexibility index (Phi) is 6.08. The normalized spacial score (nSPS) is 15.7. The van der Waals surface area contributed by atoms with Crippen LogP contribution in [0, 0.1) is 5.92 Å². The number of aromatic nitrogens is 2. The number of primary amides is 2. The van der Waals surface area contributed by atoms with Crippen molar-refractivity contribution in [3.63, 3.8) is 0 Å². The molecular formula is C20H25N5O3. The van der Waals surface area contributed by atoms with Gasteiger partial charge in [-0.05, 0) is 30.9 Å². The van der Waals surface area contributed by atoms with Crippen LogP contribution >= 0.6 is 0 Å². The highest BCUT2D eigenvalue weighted by Gasteiger charge is 2.28. The van der Waals surface area contributed by atoms with Crippen molar-refractivity contribution in [3.8, 4) is 5.69 Å². The van der Waals surface area contributed by atoms with Crippen molar-refractivity contribution in [2.45, 2.75) is 44.6 Å². The van der Waals surface area contributed by atoms with Crippen LogP contribution in [-0.4, -0.2) is 33.5 Å². The topological polar surface area (TPSA) is 133 Å². The first-order valence-corrected chi connectivity index (χ1v) is 9.50. The fourth-order valence-electron chi connectivity index (χ4n) is 3.76. The van der Waals surface area contributed by atoms with E-state index in [1.165, 1.54) is 10.7 Å². The first-order valence-electron chi connectivity index (χ1n) is 9.50. The maximum absolute atomic E-state index is 12.8. The Labute approximate surface area is 163 Å². The number of hydrogen-bond acceptors (Lipinski definition) is 4. The second kappa shape index (κ2) is 8.69. The number of nitrogens with one attached hydrogen (secondary N) is 1. The van der Waals surface area contributed by atoms with Gasteiger partial charge in [0, 0.05) is 18.5 Å². The van der Waals surface area contributed by atoms with Crippen molar-refractivity contribution in [2.75, 3.05) is 0 Å². The molecule has 0 radical (unpaired) electrons. The second-order valence-corrected chi connectivity index (χ2v) is 7.17. The van der Waals surface area contributed by atoms with Crippen molar-refractivity contribution in [1.29, 1.82) is 0 Å². The van der Waals surface area contributed by atoms with Gasteiger partial charge < -0.3 is 16.8 Å². The van der Waals surface area contributed by atoms with Crippen molar-refractivity contribution in [3.05, 3.63) is 47.8 Å². The minimum absolute atomic E-state index is 0.0722. The third kappa shape index (κ3) is 4.57. The summed E-state index contributed by atoms with van der Waals surface area (Å²) in [7, 11) is 0. The minimum Gasteiger partial charge on any atom is -0.370 e. The summed E-state index contributed by atoms with van der Waals surface area (Å²) in [6.45, 7) is 0. The summed E-state index contributed by atoms with van der Waals surface area (Å²) in [5.74, 6) is -1.38. The van der Waals surface area contributed by atoms with Crippen LogP contribution in [-0.2, 0) is 4.79 Å². The van der Waals surface area contributed by atoms with Crippen LogP contribution in [0.1, 0.15) is 59.5 Å². The molecule has 0 spiro atoms. The summed E-state index contributed by atoms with van der Waals surface area (Å²) in [5, 5.41) is 7.16. The maximum Gasteiger partial charge on any atom is 0.272 e. The summed E-state index contributed by atoms with van der Waals surface area (Å²) in [5.41, 5.74) is 11.6. The SMILES string of the molecule is NC(=O)CC(NC(=O)c1cc(C(N)=O)n(-c2ccccc2)n1)C1CCCCC1. The van der Waals surface area contributed by atoms with E-state index >= 15 is 0 Å². The zero-order valence-electron chi connectivity index (χ0n) is 15.6. The first kappa shape index (κ1) is 19.6. The molecule has 3 rings (SSSR count). The van der Waals surface area contributed by atoms with E-state index in [-0.39, 0.29) is 29.8 Å². The van der Waals surface area contributed by atoms with Gasteiger partial charge in [-0.2, -0.15) is 5.10 Å². The number of nitrogens with two attached hydrogens (primary N) is 2. The molecule has 1 aromatic carbocycles. The smallest absolute Gasteiger partial charge is 0.272 e. The molecule has 2 aromatic rings. The van der Waals surface area contributed by atoms with E-state index in [2.05, 4.69) is 10.4 Å². The standard InChI is InChI=1S/C20H25N5O3/c21-18(26)12-15(13-7-3-1-4-8-13)23-20(28)16-11-17(19(22)27)25(24-16)14-9-5-2-6-10-14/h2,5-6,9-11,13,15H,1,3-4,7-8,12H2,(H2,21,26)(H2,22,27)(H,23,28). The molecule has 0 bridgehead atoms. The molecule has 1 atom stereocenters. The highest BCUT2D eigenvalue weighted by atomic mass is 16.2. The molecule has 5 N–H and O–H groups in total. The van der Waals surface area contributed by atoms with E-state index in [9.17, 15) is 14.4 Å². The van der Waals surface area contributed by atoms with E-state index in [0.717, 1.165) is 32.1 Å². The van der Waals surface area contributed by atoms with Crippen molar-refractivity contribution in [1.82, 2.24) is 15.1 Å². The Hall–Kier alpha value is -3.16. The lowest BCUT2D eigenvalue weighted by atomic mass is 9.82. The highest BCUT2D eigenvalue weighted by Crippen LogP contribution is 2.28. The van der Waals surface area contributed by atoms with E-state index < -0.39 is 17.7 Å². The quantitative estimate of drug-likeness (QED) is 0.668. The fraction of sp³-hybridized carbons (Fsp3) is 0.400. The van der Waals surface area contributed by atoms with Crippen LogP contribution < -0.4 is 16.8 Å². The Morgan fingerprint density at radius 3 is 2.39 bits per heavy atom. The van der Waals surface area contributed by atoms with Crippen molar-refractivity contribution in [2.24, 2.45) is 17.4 Å². The van der Waals surface area contributed by atoms with Crippen LogP contribution in [0.5, 0.6) is 0 Å². The van der Waals surface area contributed by atoms with Gasteiger partial charge in [0.05, 0.1) is 5.69 Å². The van der Waals surface area contributed by atoms with Gasteiger partial charge in [-0.25, -0.2) is 4.68 Å². The fourth-order valence-corrected chi connectivity index (χ4v) is 3.76. The number of carbonyl (C=O) groups excluding carboxylic acids is 3. The van der Waals surface area contributed by atoms with Gasteiger partial charge in [0.1, 0.15) is 5.69 Å². The number of benzene rings is 1. The van der Waals surface area contributed by atoms with Crippen molar-refractivity contribution < 1.29 is 14.4 Å². The third-order valence-corrected chi connectivity index (χ3v) is 5.15. The molecule has 1 unspecified atom stereocenters. The highest BCUT2D eigenvalue weighted by molar-refractivity contribution is 5.98. The monoisotopic (exact) mass is 383 g/mol. The van der Waals surface area contributed by atoms with Crippen LogP contribution in [0.15, 0.2) is 36.4 Å². The number of carbonyl (C=O) groups is 3. The zero-order chi connectivity index (χ0) is 20.1. The third-order valence-electron chi connectivity index (χ3n) is 5.15. The van der Waals surface area contributed by atoms with Gasteiger partial charge in [0.25, 0.3) is 11.8 Å². The van der Waals surface area contributed by atoms with Crippen LogP contribution in [0.25, 0.3) is 5.69 Å². The summed E-state index contributed by atoms with van der Waals surface area (Å²) in [6.07, 6.45) is 5.29. The molecule has 0 saturated heterocycles. The molecule has 8 heteroatoms. The summed E-state index contributed by atoms with van der Waals surface area (Å²) < 4.78 is 1.35. The van der Waals surface area contributed by atoms with E-state index in [4.69, 9.17) is 11.5 Å². The lowest BCUT2D eigenvalue weighted by Crippen LogP contribution is -2.43. The summed E-state index contributed by atoms with van der Waals surface area (Å²) >= 11 is 0. The first-order chi connectivity index (χ1) is 13.5. The van der Waals surface area contributed by atoms with Crippen LogP contribution in [0.3, 0.4) is 0 Å². The van der Waals surface area contributed by atoms with Crippen LogP contribution in [0.4, 0.5) is 0 Å². The number of nitrogens with zero attached hydrogens (tertiary/aromatic N) is 2. The number of amides is 3. The van der Waals surface area contributed by atoms with Gasteiger partial charge in [-0.15, -0.1) is 0 Å². The Bertz CT molecular complexity index is 856. The number of hydrogen-bond donors (Lipinski definition) is 3. The molecule has 0 aliphatic heterocycles. The van der Waals surface area contributed by atoms with Gasteiger partial charge in [0.2, 0.25) is 5.91 Å². The zero-order valence-corrected chi connectivity index (χ0v) is 15.6. The second-order valence-electron chi connectivity index (χ2n) is 7.17. The largest absolute Gasteiger partial charge is 0.370 e. The van der Waals surface area contributed by atoms with Gasteiger partial charge >= 0.3 is 0 Å². The molecule has 1 aliphatic rings. The molecule has 1 aromatic heterocycles. The molecule has 1 aliphatic carbocycles. The number of rotatable bonds is 7. The summed E-state index contributed by atoms with van der Waals surface area (Å²) in [6, 6.07) is 9.99. The molecule has 8 nitrogen and oxygen atoms in total.